The van der Waals surface area contributed by atoms with Crippen molar-refractivity contribution in [1.82, 2.24) is 0 Å². The molecule has 0 bridgehead atoms. The number of unbranched alkanes of at least 4 members (excludes halogenated alkanes) is 2. The van der Waals surface area contributed by atoms with Gasteiger partial charge < -0.3 is 5.73 Å². The van der Waals surface area contributed by atoms with Crippen LogP contribution in [0.25, 0.3) is 0 Å². The Labute approximate surface area is 77.7 Å². The van der Waals surface area contributed by atoms with Gasteiger partial charge in [-0.25, -0.2) is 0 Å². The first-order valence-electron chi connectivity index (χ1n) is 5.34. The van der Waals surface area contributed by atoms with E-state index in [1.54, 1.807) is 0 Å². The third kappa shape index (κ3) is 6.66. The van der Waals surface area contributed by atoms with Gasteiger partial charge in [-0.2, -0.15) is 0 Å². The van der Waals surface area contributed by atoms with E-state index in [2.05, 4.69) is 13.8 Å². The first-order chi connectivity index (χ1) is 5.85. The maximum atomic E-state index is 5.47. The summed E-state index contributed by atoms with van der Waals surface area (Å²) in [6.07, 6.45) is 8.97. The zero-order valence-corrected chi connectivity index (χ0v) is 8.52. The van der Waals surface area contributed by atoms with Crippen molar-refractivity contribution in [1.29, 1.82) is 0 Å². The average molecular weight is 170 g/mol. The van der Waals surface area contributed by atoms with Gasteiger partial charge >= 0.3 is 0 Å². The Bertz CT molecular complexity index is 81.1. The molecule has 0 rings (SSSR count). The molecule has 0 aliphatic heterocycles. The molecule has 12 heavy (non-hydrogen) atoms. The van der Waals surface area contributed by atoms with Gasteiger partial charge in [-0.1, -0.05) is 46.0 Å². The fourth-order valence-corrected chi connectivity index (χ4v) is 1.52. The van der Waals surface area contributed by atoms with Crippen LogP contribution in [-0.2, 0) is 0 Å². The SMILES string of the molecule is [CH2]CC(CCCN)CCCCC. The Kier molecular flexibility index (Phi) is 9.02. The zero-order valence-electron chi connectivity index (χ0n) is 8.52. The van der Waals surface area contributed by atoms with Crippen molar-refractivity contribution < 1.29 is 0 Å². The minimum Gasteiger partial charge on any atom is -0.330 e. The minimum atomic E-state index is 0.833. The van der Waals surface area contributed by atoms with Gasteiger partial charge in [0.25, 0.3) is 0 Å². The van der Waals surface area contributed by atoms with Crippen molar-refractivity contribution >= 4 is 0 Å². The summed E-state index contributed by atoms with van der Waals surface area (Å²) >= 11 is 0. The molecule has 0 saturated carbocycles. The van der Waals surface area contributed by atoms with Gasteiger partial charge in [0.1, 0.15) is 0 Å². The highest BCUT2D eigenvalue weighted by atomic mass is 14.5. The molecule has 1 radical (unpaired) electrons. The Morgan fingerprint density at radius 2 is 1.83 bits per heavy atom. The van der Waals surface area contributed by atoms with E-state index in [1.807, 2.05) is 0 Å². The predicted molar refractivity (Wildman–Crippen MR) is 55.9 cm³/mol. The summed E-state index contributed by atoms with van der Waals surface area (Å²) in [5.41, 5.74) is 5.47. The fourth-order valence-electron chi connectivity index (χ4n) is 1.52. The van der Waals surface area contributed by atoms with Crippen LogP contribution in [0.3, 0.4) is 0 Å². The van der Waals surface area contributed by atoms with E-state index in [0.29, 0.717) is 0 Å². The van der Waals surface area contributed by atoms with Gasteiger partial charge in [0.15, 0.2) is 0 Å². The maximum Gasteiger partial charge on any atom is -0.00772 e. The van der Waals surface area contributed by atoms with Crippen LogP contribution < -0.4 is 5.73 Å². The highest BCUT2D eigenvalue weighted by Gasteiger charge is 2.04. The molecule has 1 unspecified atom stereocenters. The van der Waals surface area contributed by atoms with Gasteiger partial charge in [-0.3, -0.25) is 0 Å². The third-order valence-electron chi connectivity index (χ3n) is 2.44. The molecule has 0 saturated heterocycles. The van der Waals surface area contributed by atoms with Crippen molar-refractivity contribution in [2.75, 3.05) is 6.54 Å². The van der Waals surface area contributed by atoms with Crippen LogP contribution in [0, 0.1) is 12.8 Å². The monoisotopic (exact) mass is 170 g/mol. The Morgan fingerprint density at radius 1 is 1.17 bits per heavy atom. The van der Waals surface area contributed by atoms with Gasteiger partial charge in [0.2, 0.25) is 0 Å². The first kappa shape index (κ1) is 12.0. The fraction of sp³-hybridized carbons (Fsp3) is 0.909. The van der Waals surface area contributed by atoms with E-state index in [4.69, 9.17) is 5.73 Å². The van der Waals surface area contributed by atoms with Crippen LogP contribution >= 0.6 is 0 Å². The second-order valence-corrected chi connectivity index (χ2v) is 3.58. The lowest BCUT2D eigenvalue weighted by Crippen LogP contribution is -2.04. The maximum absolute atomic E-state index is 5.47. The van der Waals surface area contributed by atoms with E-state index < -0.39 is 0 Å². The van der Waals surface area contributed by atoms with E-state index >= 15 is 0 Å². The van der Waals surface area contributed by atoms with Crippen molar-refractivity contribution in [3.8, 4) is 0 Å². The summed E-state index contributed by atoms with van der Waals surface area (Å²) in [5.74, 6) is 0.833. The standard InChI is InChI=1S/C11H24N/c1-3-5-6-8-11(4-2)9-7-10-12/h11H,2-10,12H2,1H3. The third-order valence-corrected chi connectivity index (χ3v) is 2.44. The van der Waals surface area contributed by atoms with Gasteiger partial charge in [-0.05, 0) is 25.3 Å². The number of nitrogens with two attached hydrogens (primary N) is 1. The zero-order chi connectivity index (χ0) is 9.23. The highest BCUT2D eigenvalue weighted by Crippen LogP contribution is 2.18. The molecule has 0 amide bonds. The van der Waals surface area contributed by atoms with E-state index in [9.17, 15) is 0 Å². The smallest absolute Gasteiger partial charge is 0.00772 e. The van der Waals surface area contributed by atoms with Crippen molar-refractivity contribution in [2.24, 2.45) is 11.7 Å². The van der Waals surface area contributed by atoms with Crippen molar-refractivity contribution in [2.45, 2.75) is 51.9 Å². The molecule has 0 aliphatic rings. The summed E-state index contributed by atoms with van der Waals surface area (Å²) < 4.78 is 0. The molecule has 1 atom stereocenters. The van der Waals surface area contributed by atoms with E-state index in [0.717, 1.165) is 18.9 Å². The molecule has 73 valence electrons. The van der Waals surface area contributed by atoms with Crippen LogP contribution in [0.15, 0.2) is 0 Å². The molecular formula is C11H24N. The molecule has 2 N–H and O–H groups in total. The highest BCUT2D eigenvalue weighted by molar-refractivity contribution is 4.61. The molecule has 1 nitrogen and oxygen atoms in total. The Morgan fingerprint density at radius 3 is 2.33 bits per heavy atom. The summed E-state index contributed by atoms with van der Waals surface area (Å²) in [7, 11) is 0. The molecule has 0 heterocycles. The largest absolute Gasteiger partial charge is 0.330 e. The lowest BCUT2D eigenvalue weighted by Gasteiger charge is -2.13. The minimum absolute atomic E-state index is 0.833. The van der Waals surface area contributed by atoms with Crippen molar-refractivity contribution in [3.63, 3.8) is 0 Å². The predicted octanol–water partition coefficient (Wildman–Crippen LogP) is 3.15. The Hall–Kier alpha value is -0.0400. The summed E-state index contributed by atoms with van der Waals surface area (Å²) in [6, 6.07) is 0. The van der Waals surface area contributed by atoms with Crippen LogP contribution in [0.5, 0.6) is 0 Å². The van der Waals surface area contributed by atoms with E-state index in [1.165, 1.54) is 38.5 Å². The average Bonchev–Trinajstić information content (AvgIpc) is 2.11. The Balaban J connectivity index is 3.26. The van der Waals surface area contributed by atoms with Gasteiger partial charge in [0.05, 0.1) is 0 Å². The summed E-state index contributed by atoms with van der Waals surface area (Å²) in [4.78, 5) is 0. The molecule has 0 aromatic rings. The second-order valence-electron chi connectivity index (χ2n) is 3.58. The van der Waals surface area contributed by atoms with Crippen LogP contribution in [0.2, 0.25) is 0 Å². The number of hydrogen-bond donors (Lipinski definition) is 1. The molecule has 0 fully saturated rings. The molecule has 0 spiro atoms. The van der Waals surface area contributed by atoms with Gasteiger partial charge in [0, 0.05) is 0 Å². The van der Waals surface area contributed by atoms with Crippen LogP contribution in [0.1, 0.15) is 51.9 Å². The molecule has 0 aliphatic carbocycles. The summed E-state index contributed by atoms with van der Waals surface area (Å²) in [5, 5.41) is 0. The first-order valence-corrected chi connectivity index (χ1v) is 5.34. The van der Waals surface area contributed by atoms with Gasteiger partial charge in [-0.15, -0.1) is 0 Å². The topological polar surface area (TPSA) is 26.0 Å². The lowest BCUT2D eigenvalue weighted by molar-refractivity contribution is 0.422. The molecule has 0 aromatic heterocycles. The number of hydrogen-bond acceptors (Lipinski definition) is 1. The normalized spacial score (nSPS) is 13.2. The van der Waals surface area contributed by atoms with Crippen LogP contribution in [-0.4, -0.2) is 6.54 Å². The van der Waals surface area contributed by atoms with Crippen LogP contribution in [0.4, 0.5) is 0 Å². The quantitative estimate of drug-likeness (QED) is 0.556. The lowest BCUT2D eigenvalue weighted by atomic mass is 9.94. The molecular weight excluding hydrogens is 146 g/mol. The van der Waals surface area contributed by atoms with Crippen molar-refractivity contribution in [3.05, 3.63) is 6.92 Å². The number of rotatable bonds is 8. The second kappa shape index (κ2) is 9.05. The molecule has 1 heteroatoms. The summed E-state index contributed by atoms with van der Waals surface area (Å²) in [6.45, 7) is 7.06. The molecule has 0 aromatic carbocycles. The van der Waals surface area contributed by atoms with E-state index in [-0.39, 0.29) is 0 Å².